The molecule has 1 N–H and O–H groups in total. The normalized spacial score (nSPS) is 16.0. The van der Waals surface area contributed by atoms with Gasteiger partial charge in [0.1, 0.15) is 0 Å². The van der Waals surface area contributed by atoms with Crippen LogP contribution in [-0.4, -0.2) is 12.6 Å². The molecule has 1 aromatic rings. The molecule has 0 aliphatic carbocycles. The van der Waals surface area contributed by atoms with Gasteiger partial charge in [-0.25, -0.2) is 0 Å². The summed E-state index contributed by atoms with van der Waals surface area (Å²) >= 11 is 0. The molecule has 0 aliphatic heterocycles. The fraction of sp³-hybridized carbons (Fsp3) is 0.667. The Morgan fingerprint density at radius 2 is 1.68 bits per heavy atom. The lowest BCUT2D eigenvalue weighted by atomic mass is 9.96. The van der Waals surface area contributed by atoms with Crippen LogP contribution in [0.2, 0.25) is 0 Å². The molecule has 0 fully saturated rings. The quantitative estimate of drug-likeness (QED) is 0.660. The lowest BCUT2D eigenvalue weighted by molar-refractivity contribution is 0.380. The number of nitrogens with one attached hydrogen (secondary N) is 1. The summed E-state index contributed by atoms with van der Waals surface area (Å²) in [6.45, 7) is 10.4. The topological polar surface area (TPSA) is 12.0 Å². The van der Waals surface area contributed by atoms with Gasteiger partial charge in [-0.3, -0.25) is 0 Å². The first-order valence-electron chi connectivity index (χ1n) is 7.95. The van der Waals surface area contributed by atoms with E-state index in [-0.39, 0.29) is 0 Å². The molecule has 0 saturated carbocycles. The van der Waals surface area contributed by atoms with Crippen molar-refractivity contribution >= 4 is 0 Å². The van der Waals surface area contributed by atoms with E-state index in [1.165, 1.54) is 31.2 Å². The van der Waals surface area contributed by atoms with Crippen LogP contribution < -0.4 is 5.32 Å². The number of hydrogen-bond acceptors (Lipinski definition) is 1. The Morgan fingerprint density at radius 1 is 1.00 bits per heavy atom. The molecule has 19 heavy (non-hydrogen) atoms. The molecule has 3 unspecified atom stereocenters. The van der Waals surface area contributed by atoms with Crippen molar-refractivity contribution < 1.29 is 0 Å². The van der Waals surface area contributed by atoms with E-state index in [9.17, 15) is 0 Å². The molecule has 0 aliphatic rings. The van der Waals surface area contributed by atoms with E-state index < -0.39 is 0 Å². The fourth-order valence-corrected chi connectivity index (χ4v) is 2.50. The van der Waals surface area contributed by atoms with Crippen molar-refractivity contribution in [1.82, 2.24) is 5.32 Å². The molecule has 0 bridgehead atoms. The van der Waals surface area contributed by atoms with Gasteiger partial charge in [-0.1, -0.05) is 64.4 Å². The average molecular weight is 261 g/mol. The fourth-order valence-electron chi connectivity index (χ4n) is 2.50. The first-order valence-corrected chi connectivity index (χ1v) is 7.95. The Bertz CT molecular complexity index is 320. The molecule has 3 atom stereocenters. The zero-order valence-corrected chi connectivity index (χ0v) is 13.2. The summed E-state index contributed by atoms with van der Waals surface area (Å²) < 4.78 is 0. The minimum Gasteiger partial charge on any atom is -0.314 e. The summed E-state index contributed by atoms with van der Waals surface area (Å²) in [6, 6.07) is 11.5. The van der Waals surface area contributed by atoms with E-state index in [0.29, 0.717) is 12.0 Å². The van der Waals surface area contributed by atoms with E-state index >= 15 is 0 Å². The molecular weight excluding hydrogens is 230 g/mol. The summed E-state index contributed by atoms with van der Waals surface area (Å²) in [6.07, 6.45) is 5.07. The van der Waals surface area contributed by atoms with Crippen LogP contribution in [0.15, 0.2) is 30.3 Å². The molecule has 0 saturated heterocycles. The Labute approximate surface area is 119 Å². The molecule has 1 nitrogen and oxygen atoms in total. The summed E-state index contributed by atoms with van der Waals surface area (Å²) in [5, 5.41) is 3.74. The van der Waals surface area contributed by atoms with E-state index in [1.54, 1.807) is 0 Å². The van der Waals surface area contributed by atoms with Crippen molar-refractivity contribution in [1.29, 1.82) is 0 Å². The van der Waals surface area contributed by atoms with Gasteiger partial charge in [0, 0.05) is 6.04 Å². The van der Waals surface area contributed by atoms with Gasteiger partial charge in [-0.05, 0) is 43.2 Å². The highest BCUT2D eigenvalue weighted by Gasteiger charge is 2.10. The average Bonchev–Trinajstić information content (AvgIpc) is 2.46. The largest absolute Gasteiger partial charge is 0.314 e. The number of benzene rings is 1. The molecule has 1 rings (SSSR count). The summed E-state index contributed by atoms with van der Waals surface area (Å²) in [7, 11) is 0. The Balaban J connectivity index is 2.28. The predicted molar refractivity (Wildman–Crippen MR) is 85.6 cm³/mol. The van der Waals surface area contributed by atoms with Crippen LogP contribution >= 0.6 is 0 Å². The van der Waals surface area contributed by atoms with Crippen LogP contribution in [0.25, 0.3) is 0 Å². The maximum absolute atomic E-state index is 3.74. The Hall–Kier alpha value is -0.820. The highest BCUT2D eigenvalue weighted by atomic mass is 14.9. The second-order valence-electron chi connectivity index (χ2n) is 5.91. The van der Waals surface area contributed by atoms with Gasteiger partial charge in [0.15, 0.2) is 0 Å². The molecule has 0 radical (unpaired) electrons. The molecular formula is C18H31N. The summed E-state index contributed by atoms with van der Waals surface area (Å²) in [5.41, 5.74) is 1.46. The second kappa shape index (κ2) is 9.14. The highest BCUT2D eigenvalue weighted by Crippen LogP contribution is 2.18. The Kier molecular flexibility index (Phi) is 7.81. The van der Waals surface area contributed by atoms with Crippen molar-refractivity contribution in [3.05, 3.63) is 35.9 Å². The first kappa shape index (κ1) is 16.2. The lowest BCUT2D eigenvalue weighted by Gasteiger charge is -2.21. The van der Waals surface area contributed by atoms with Gasteiger partial charge in [0.05, 0.1) is 0 Å². The molecule has 0 heterocycles. The smallest absolute Gasteiger partial charge is 0.00669 e. The van der Waals surface area contributed by atoms with Crippen molar-refractivity contribution in [2.75, 3.05) is 6.54 Å². The van der Waals surface area contributed by atoms with Gasteiger partial charge in [0.25, 0.3) is 0 Å². The molecule has 0 amide bonds. The lowest BCUT2D eigenvalue weighted by Crippen LogP contribution is -2.31. The maximum atomic E-state index is 3.74. The molecule has 0 spiro atoms. The standard InChI is InChI=1S/C18H31N/c1-5-15(3)14-18(6-2)19-13-12-16(4)17-10-8-7-9-11-17/h7-11,15-16,18-19H,5-6,12-14H2,1-4H3. The van der Waals surface area contributed by atoms with E-state index in [2.05, 4.69) is 63.3 Å². The zero-order chi connectivity index (χ0) is 14.1. The molecule has 108 valence electrons. The maximum Gasteiger partial charge on any atom is 0.00669 e. The van der Waals surface area contributed by atoms with Crippen molar-refractivity contribution in [3.8, 4) is 0 Å². The van der Waals surface area contributed by atoms with Crippen LogP contribution in [0.3, 0.4) is 0 Å². The minimum absolute atomic E-state index is 0.648. The summed E-state index contributed by atoms with van der Waals surface area (Å²) in [5.74, 6) is 1.49. The predicted octanol–water partition coefficient (Wildman–Crippen LogP) is 4.98. The van der Waals surface area contributed by atoms with Crippen LogP contribution in [0.4, 0.5) is 0 Å². The van der Waals surface area contributed by atoms with Crippen LogP contribution in [0.5, 0.6) is 0 Å². The van der Waals surface area contributed by atoms with E-state index in [4.69, 9.17) is 0 Å². The van der Waals surface area contributed by atoms with Gasteiger partial charge < -0.3 is 5.32 Å². The second-order valence-corrected chi connectivity index (χ2v) is 5.91. The highest BCUT2D eigenvalue weighted by molar-refractivity contribution is 5.18. The van der Waals surface area contributed by atoms with Crippen molar-refractivity contribution in [3.63, 3.8) is 0 Å². The van der Waals surface area contributed by atoms with Gasteiger partial charge >= 0.3 is 0 Å². The SMILES string of the molecule is CCC(C)CC(CC)NCCC(C)c1ccccc1. The third kappa shape index (κ3) is 6.24. The van der Waals surface area contributed by atoms with E-state index in [1.807, 2.05) is 0 Å². The zero-order valence-electron chi connectivity index (χ0n) is 13.2. The third-order valence-corrected chi connectivity index (χ3v) is 4.26. The van der Waals surface area contributed by atoms with E-state index in [0.717, 1.165) is 12.5 Å². The van der Waals surface area contributed by atoms with Crippen molar-refractivity contribution in [2.24, 2.45) is 5.92 Å². The first-order chi connectivity index (χ1) is 9.17. The minimum atomic E-state index is 0.648. The number of rotatable bonds is 9. The Morgan fingerprint density at radius 3 is 2.26 bits per heavy atom. The van der Waals surface area contributed by atoms with Crippen LogP contribution in [0.1, 0.15) is 64.9 Å². The monoisotopic (exact) mass is 261 g/mol. The van der Waals surface area contributed by atoms with Gasteiger partial charge in [-0.2, -0.15) is 0 Å². The number of hydrogen-bond donors (Lipinski definition) is 1. The van der Waals surface area contributed by atoms with Gasteiger partial charge in [0.2, 0.25) is 0 Å². The molecule has 1 aromatic carbocycles. The molecule has 1 heteroatoms. The van der Waals surface area contributed by atoms with Gasteiger partial charge in [-0.15, -0.1) is 0 Å². The van der Waals surface area contributed by atoms with Crippen molar-refractivity contribution in [2.45, 2.75) is 65.3 Å². The molecule has 0 aromatic heterocycles. The van der Waals surface area contributed by atoms with Crippen LogP contribution in [0, 0.1) is 5.92 Å². The third-order valence-electron chi connectivity index (χ3n) is 4.26. The van der Waals surface area contributed by atoms with Crippen LogP contribution in [-0.2, 0) is 0 Å². The summed E-state index contributed by atoms with van der Waals surface area (Å²) in [4.78, 5) is 0.